The van der Waals surface area contributed by atoms with Gasteiger partial charge in [-0.15, -0.1) is 0 Å². The molecular weight excluding hydrogens is 355 g/mol. The Labute approximate surface area is 125 Å². The zero-order valence-corrected chi connectivity index (χ0v) is 12.5. The number of amides is 1. The highest BCUT2D eigenvalue weighted by molar-refractivity contribution is 14.1. The molecule has 1 amide bonds. The van der Waals surface area contributed by atoms with E-state index in [-0.39, 0.29) is 5.91 Å². The van der Waals surface area contributed by atoms with Crippen LogP contribution in [0.1, 0.15) is 10.4 Å². The van der Waals surface area contributed by atoms with Crippen LogP contribution in [-0.2, 0) is 0 Å². The first kappa shape index (κ1) is 13.7. The predicted molar refractivity (Wildman–Crippen MR) is 84.5 cm³/mol. The highest BCUT2D eigenvalue weighted by Gasteiger charge is 2.09. The highest BCUT2D eigenvalue weighted by Crippen LogP contribution is 2.22. The van der Waals surface area contributed by atoms with Crippen LogP contribution in [0.25, 0.3) is 0 Å². The number of ether oxygens (including phenoxy) is 1. The lowest BCUT2D eigenvalue weighted by molar-refractivity contribution is 0.102. The smallest absolute Gasteiger partial charge is 0.255 e. The second-order valence-corrected chi connectivity index (χ2v) is 5.16. The van der Waals surface area contributed by atoms with Gasteiger partial charge in [-0.3, -0.25) is 4.79 Å². The Balaban J connectivity index is 2.18. The Bertz CT molecular complexity index is 597. The number of hydrogen-bond donors (Lipinski definition) is 2. The van der Waals surface area contributed by atoms with Gasteiger partial charge in [-0.2, -0.15) is 0 Å². The van der Waals surface area contributed by atoms with E-state index >= 15 is 0 Å². The van der Waals surface area contributed by atoms with Crippen LogP contribution in [0.15, 0.2) is 42.5 Å². The molecule has 0 radical (unpaired) electrons. The summed E-state index contributed by atoms with van der Waals surface area (Å²) in [4.78, 5) is 12.1. The van der Waals surface area contributed by atoms with Crippen LogP contribution < -0.4 is 15.8 Å². The first-order chi connectivity index (χ1) is 9.10. The average Bonchev–Trinajstić information content (AvgIpc) is 2.42. The molecule has 2 rings (SSSR count). The topological polar surface area (TPSA) is 64.3 Å². The summed E-state index contributed by atoms with van der Waals surface area (Å²) >= 11 is 2.21. The average molecular weight is 368 g/mol. The molecule has 0 aliphatic heterocycles. The van der Waals surface area contributed by atoms with Crippen molar-refractivity contribution in [3.05, 3.63) is 51.6 Å². The molecule has 19 heavy (non-hydrogen) atoms. The van der Waals surface area contributed by atoms with E-state index in [1.165, 1.54) is 7.11 Å². The molecule has 0 aliphatic rings. The minimum Gasteiger partial charge on any atom is -0.495 e. The van der Waals surface area contributed by atoms with Gasteiger partial charge in [0.25, 0.3) is 5.91 Å². The zero-order valence-electron chi connectivity index (χ0n) is 10.3. The van der Waals surface area contributed by atoms with Crippen LogP contribution in [0.4, 0.5) is 11.4 Å². The van der Waals surface area contributed by atoms with E-state index in [1.54, 1.807) is 18.2 Å². The number of rotatable bonds is 3. The number of nitrogens with two attached hydrogens (primary N) is 1. The Morgan fingerprint density at radius 3 is 2.53 bits per heavy atom. The summed E-state index contributed by atoms with van der Waals surface area (Å²) in [6.45, 7) is 0. The summed E-state index contributed by atoms with van der Waals surface area (Å²) in [5, 5.41) is 2.82. The van der Waals surface area contributed by atoms with E-state index in [1.807, 2.05) is 24.3 Å². The molecule has 0 atom stereocenters. The molecule has 4 nitrogen and oxygen atoms in total. The normalized spacial score (nSPS) is 10.0. The van der Waals surface area contributed by atoms with Crippen LogP contribution in [-0.4, -0.2) is 13.0 Å². The summed E-state index contributed by atoms with van der Waals surface area (Å²) < 4.78 is 6.21. The van der Waals surface area contributed by atoms with Gasteiger partial charge in [0.2, 0.25) is 0 Å². The third-order valence-electron chi connectivity index (χ3n) is 2.60. The number of benzene rings is 2. The second kappa shape index (κ2) is 5.92. The van der Waals surface area contributed by atoms with Crippen molar-refractivity contribution in [2.24, 2.45) is 0 Å². The summed E-state index contributed by atoms with van der Waals surface area (Å²) in [6, 6.07) is 12.5. The van der Waals surface area contributed by atoms with Gasteiger partial charge in [0.15, 0.2) is 0 Å². The van der Waals surface area contributed by atoms with E-state index in [2.05, 4.69) is 27.9 Å². The first-order valence-corrected chi connectivity index (χ1v) is 6.68. The molecule has 2 aromatic carbocycles. The largest absolute Gasteiger partial charge is 0.495 e. The van der Waals surface area contributed by atoms with Gasteiger partial charge >= 0.3 is 0 Å². The highest BCUT2D eigenvalue weighted by atomic mass is 127. The van der Waals surface area contributed by atoms with Gasteiger partial charge < -0.3 is 15.8 Å². The van der Waals surface area contributed by atoms with E-state index in [0.717, 1.165) is 9.26 Å². The van der Waals surface area contributed by atoms with Gasteiger partial charge in [-0.25, -0.2) is 0 Å². The van der Waals surface area contributed by atoms with E-state index in [9.17, 15) is 4.79 Å². The van der Waals surface area contributed by atoms with Gasteiger partial charge in [-0.05, 0) is 65.1 Å². The molecule has 0 fully saturated rings. The molecule has 0 aliphatic carbocycles. The maximum atomic E-state index is 12.1. The third-order valence-corrected chi connectivity index (χ3v) is 3.32. The second-order valence-electron chi connectivity index (χ2n) is 3.92. The van der Waals surface area contributed by atoms with Gasteiger partial charge in [0, 0.05) is 14.8 Å². The van der Waals surface area contributed by atoms with Crippen LogP contribution in [0, 0.1) is 3.57 Å². The number of carbonyl (C=O) groups is 1. The number of nitrogen functional groups attached to an aromatic ring is 1. The Morgan fingerprint density at radius 1 is 1.21 bits per heavy atom. The SMILES string of the molecule is COc1cc(C(=O)Nc2ccc(I)cc2)ccc1N. The van der Waals surface area contributed by atoms with Crippen LogP contribution in [0.5, 0.6) is 5.75 Å². The van der Waals surface area contributed by atoms with Crippen LogP contribution >= 0.6 is 22.6 Å². The minimum absolute atomic E-state index is 0.195. The van der Waals surface area contributed by atoms with Crippen molar-refractivity contribution in [1.29, 1.82) is 0 Å². The number of hydrogen-bond acceptors (Lipinski definition) is 3. The van der Waals surface area contributed by atoms with Gasteiger partial charge in [-0.1, -0.05) is 0 Å². The number of anilines is 2. The maximum absolute atomic E-state index is 12.1. The quantitative estimate of drug-likeness (QED) is 0.646. The van der Waals surface area contributed by atoms with Crippen molar-refractivity contribution in [1.82, 2.24) is 0 Å². The number of halogens is 1. The van der Waals surface area contributed by atoms with Gasteiger partial charge in [0.1, 0.15) is 5.75 Å². The van der Waals surface area contributed by atoms with Crippen molar-refractivity contribution in [2.75, 3.05) is 18.2 Å². The van der Waals surface area contributed by atoms with Crippen molar-refractivity contribution >= 4 is 39.9 Å². The molecule has 0 bridgehead atoms. The summed E-state index contributed by atoms with van der Waals surface area (Å²) in [5.41, 5.74) is 7.47. The molecule has 0 unspecified atom stereocenters. The third kappa shape index (κ3) is 3.37. The molecule has 98 valence electrons. The first-order valence-electron chi connectivity index (χ1n) is 5.60. The number of nitrogens with one attached hydrogen (secondary N) is 1. The van der Waals surface area contributed by atoms with Gasteiger partial charge in [0.05, 0.1) is 12.8 Å². The number of methoxy groups -OCH3 is 1. The molecule has 0 saturated carbocycles. The van der Waals surface area contributed by atoms with Crippen molar-refractivity contribution in [3.8, 4) is 5.75 Å². The van der Waals surface area contributed by atoms with E-state index in [0.29, 0.717) is 17.0 Å². The summed E-state index contributed by atoms with van der Waals surface area (Å²) in [7, 11) is 1.52. The molecule has 5 heteroatoms. The molecular formula is C14H13IN2O2. The summed E-state index contributed by atoms with van der Waals surface area (Å²) in [5.74, 6) is 0.301. The molecule has 0 saturated heterocycles. The van der Waals surface area contributed by atoms with Crippen LogP contribution in [0.2, 0.25) is 0 Å². The van der Waals surface area contributed by atoms with Crippen molar-refractivity contribution < 1.29 is 9.53 Å². The fourth-order valence-corrected chi connectivity index (χ4v) is 1.95. The molecule has 0 aromatic heterocycles. The molecule has 0 spiro atoms. The fraction of sp³-hybridized carbons (Fsp3) is 0.0714. The molecule has 0 heterocycles. The minimum atomic E-state index is -0.195. The monoisotopic (exact) mass is 368 g/mol. The van der Waals surface area contributed by atoms with E-state index in [4.69, 9.17) is 10.5 Å². The fourth-order valence-electron chi connectivity index (χ4n) is 1.59. The van der Waals surface area contributed by atoms with Crippen molar-refractivity contribution in [3.63, 3.8) is 0 Å². The predicted octanol–water partition coefficient (Wildman–Crippen LogP) is 3.13. The Kier molecular flexibility index (Phi) is 4.26. The number of carbonyl (C=O) groups excluding carboxylic acids is 1. The Hall–Kier alpha value is -1.76. The standard InChI is InChI=1S/C14H13IN2O2/c1-19-13-8-9(2-7-12(13)16)14(18)17-11-5-3-10(15)4-6-11/h2-8H,16H2,1H3,(H,17,18). The Morgan fingerprint density at radius 2 is 1.89 bits per heavy atom. The lowest BCUT2D eigenvalue weighted by Crippen LogP contribution is -2.12. The molecule has 3 N–H and O–H groups in total. The maximum Gasteiger partial charge on any atom is 0.255 e. The lowest BCUT2D eigenvalue weighted by atomic mass is 10.1. The van der Waals surface area contributed by atoms with E-state index < -0.39 is 0 Å². The molecule has 2 aromatic rings. The van der Waals surface area contributed by atoms with Crippen LogP contribution in [0.3, 0.4) is 0 Å². The van der Waals surface area contributed by atoms with Crippen molar-refractivity contribution in [2.45, 2.75) is 0 Å². The zero-order chi connectivity index (χ0) is 13.8. The lowest BCUT2D eigenvalue weighted by Gasteiger charge is -2.08. The summed E-state index contributed by atoms with van der Waals surface area (Å²) in [6.07, 6.45) is 0.